The molecule has 4 nitrogen and oxygen atoms in total. The van der Waals surface area contributed by atoms with Gasteiger partial charge in [0, 0.05) is 17.0 Å². The highest BCUT2D eigenvalue weighted by molar-refractivity contribution is 6.11. The third-order valence-corrected chi connectivity index (χ3v) is 6.10. The highest BCUT2D eigenvalue weighted by Crippen LogP contribution is 2.57. The Bertz CT molecular complexity index is 1090. The minimum Gasteiger partial charge on any atom is -0.622 e. The fourth-order valence-electron chi connectivity index (χ4n) is 4.85. The van der Waals surface area contributed by atoms with Gasteiger partial charge >= 0.3 is 0 Å². The number of Topliss-reactive ketones (excluding diaryl/α,β-unsaturated/α-hetero) is 1. The van der Waals surface area contributed by atoms with E-state index in [4.69, 9.17) is 0 Å². The highest BCUT2D eigenvalue weighted by Gasteiger charge is 2.66. The van der Waals surface area contributed by atoms with Crippen molar-refractivity contribution in [2.24, 2.45) is 5.41 Å². The van der Waals surface area contributed by atoms with Gasteiger partial charge in [-0.1, -0.05) is 72.8 Å². The molecule has 1 N–H and O–H groups in total. The molecule has 0 radical (unpaired) electrons. The van der Waals surface area contributed by atoms with Crippen molar-refractivity contribution in [3.63, 3.8) is 0 Å². The third kappa shape index (κ3) is 2.15. The summed E-state index contributed by atoms with van der Waals surface area (Å²) in [6.45, 7) is 0. The Labute approximate surface area is 163 Å². The Kier molecular flexibility index (Phi) is 3.71. The molecule has 1 aliphatic heterocycles. The quantitative estimate of drug-likeness (QED) is 0.553. The van der Waals surface area contributed by atoms with E-state index in [1.165, 1.54) is 0 Å². The number of hydrogen-bond acceptors (Lipinski definition) is 3. The number of carbonyl (C=O) groups is 1. The minimum absolute atomic E-state index is 0.156. The zero-order valence-electron chi connectivity index (χ0n) is 15.2. The summed E-state index contributed by atoms with van der Waals surface area (Å²) in [6, 6.07) is 26.4. The van der Waals surface area contributed by atoms with Crippen molar-refractivity contribution >= 4 is 11.5 Å². The number of benzene rings is 3. The van der Waals surface area contributed by atoms with Crippen molar-refractivity contribution in [2.45, 2.75) is 18.6 Å². The molecule has 28 heavy (non-hydrogen) atoms. The molecule has 3 aromatic carbocycles. The van der Waals surface area contributed by atoms with Gasteiger partial charge in [-0.15, -0.1) is 0 Å². The molecule has 3 atom stereocenters. The van der Waals surface area contributed by atoms with E-state index in [0.29, 0.717) is 16.0 Å². The van der Waals surface area contributed by atoms with E-state index in [2.05, 4.69) is 0 Å². The van der Waals surface area contributed by atoms with Gasteiger partial charge in [0.1, 0.15) is 5.41 Å². The maximum absolute atomic E-state index is 13.6. The number of aliphatic hydroxyl groups is 1. The molecule has 3 aromatic rings. The lowest BCUT2D eigenvalue weighted by atomic mass is 9.69. The molecule has 1 aliphatic carbocycles. The number of fused-ring (bicyclic) bond motifs is 1. The van der Waals surface area contributed by atoms with Gasteiger partial charge in [0.15, 0.2) is 11.5 Å². The summed E-state index contributed by atoms with van der Waals surface area (Å²) in [6.07, 6.45) is -1.23. The monoisotopic (exact) mass is 369 g/mol. The number of ketones is 1. The van der Waals surface area contributed by atoms with Gasteiger partial charge in [-0.3, -0.25) is 4.79 Å². The molecular weight excluding hydrogens is 350 g/mol. The third-order valence-electron chi connectivity index (χ3n) is 6.10. The van der Waals surface area contributed by atoms with Crippen LogP contribution in [0.2, 0.25) is 0 Å². The van der Waals surface area contributed by atoms with Crippen LogP contribution < -0.4 is 0 Å². The van der Waals surface area contributed by atoms with E-state index in [9.17, 15) is 15.1 Å². The maximum Gasteiger partial charge on any atom is 0.279 e. The molecule has 1 spiro atoms. The van der Waals surface area contributed by atoms with Crippen LogP contribution in [0.15, 0.2) is 84.9 Å². The van der Waals surface area contributed by atoms with Crippen molar-refractivity contribution in [1.29, 1.82) is 0 Å². The average Bonchev–Trinajstić information content (AvgIpc) is 3.16. The summed E-state index contributed by atoms with van der Waals surface area (Å²) in [7, 11) is 0. The fourth-order valence-corrected chi connectivity index (χ4v) is 4.85. The highest BCUT2D eigenvalue weighted by atomic mass is 16.5. The zero-order chi connectivity index (χ0) is 19.3. The van der Waals surface area contributed by atoms with Crippen LogP contribution >= 0.6 is 0 Å². The fraction of sp³-hybridized carbons (Fsp3) is 0.167. The first-order valence-electron chi connectivity index (χ1n) is 9.39. The Morgan fingerprint density at radius 3 is 2.21 bits per heavy atom. The topological polar surface area (TPSA) is 63.4 Å². The zero-order valence-corrected chi connectivity index (χ0v) is 15.2. The van der Waals surface area contributed by atoms with E-state index in [-0.39, 0.29) is 18.1 Å². The molecule has 0 amide bonds. The normalized spacial score (nSPS) is 26.1. The molecule has 2 unspecified atom stereocenters. The number of aliphatic hydroxyl groups excluding tert-OH is 1. The number of hydroxylamine groups is 1. The first kappa shape index (κ1) is 16.9. The number of carbonyl (C=O) groups excluding carboxylic acids is 1. The van der Waals surface area contributed by atoms with Crippen molar-refractivity contribution < 1.29 is 14.6 Å². The summed E-state index contributed by atoms with van der Waals surface area (Å²) in [4.78, 5) is 13.6. The summed E-state index contributed by atoms with van der Waals surface area (Å²) in [5.74, 6) is -0.527. The number of hydrogen-bond donors (Lipinski definition) is 1. The lowest BCUT2D eigenvalue weighted by Gasteiger charge is -2.30. The summed E-state index contributed by atoms with van der Waals surface area (Å²) in [5.41, 5.74) is 2.37. The van der Waals surface area contributed by atoms with Crippen molar-refractivity contribution in [3.05, 3.63) is 112 Å². The van der Waals surface area contributed by atoms with Crippen LogP contribution in [0, 0.1) is 10.6 Å². The van der Waals surface area contributed by atoms with Gasteiger partial charge in [0.25, 0.3) is 6.23 Å². The molecule has 138 valence electrons. The Morgan fingerprint density at radius 1 is 0.893 bits per heavy atom. The molecule has 2 aliphatic rings. The van der Waals surface area contributed by atoms with Gasteiger partial charge in [-0.05, 0) is 23.3 Å². The van der Waals surface area contributed by atoms with Crippen LogP contribution in [0.4, 0.5) is 0 Å². The van der Waals surface area contributed by atoms with Crippen molar-refractivity contribution in [3.8, 4) is 0 Å². The van der Waals surface area contributed by atoms with E-state index in [1.54, 1.807) is 6.07 Å². The predicted molar refractivity (Wildman–Crippen MR) is 106 cm³/mol. The molecule has 0 fully saturated rings. The van der Waals surface area contributed by atoms with E-state index in [1.807, 2.05) is 78.9 Å². The lowest BCUT2D eigenvalue weighted by Crippen LogP contribution is -2.43. The number of rotatable bonds is 2. The molecule has 0 saturated heterocycles. The summed E-state index contributed by atoms with van der Waals surface area (Å²) in [5, 5.41) is 24.1. The smallest absolute Gasteiger partial charge is 0.279 e. The first-order chi connectivity index (χ1) is 13.6. The van der Waals surface area contributed by atoms with Crippen LogP contribution in [0.5, 0.6) is 0 Å². The number of nitrogens with zero attached hydrogens (tertiary/aromatic N) is 1. The Hall–Kier alpha value is -3.24. The summed E-state index contributed by atoms with van der Waals surface area (Å²) < 4.78 is 0.634. The van der Waals surface area contributed by atoms with Gasteiger partial charge < -0.3 is 10.3 Å². The van der Waals surface area contributed by atoms with Crippen molar-refractivity contribution in [1.82, 2.24) is 0 Å². The van der Waals surface area contributed by atoms with Crippen molar-refractivity contribution in [2.75, 3.05) is 0 Å². The average molecular weight is 369 g/mol. The maximum atomic E-state index is 13.6. The molecule has 4 heteroatoms. The van der Waals surface area contributed by atoms with Crippen LogP contribution in [0.25, 0.3) is 0 Å². The SMILES string of the molecule is O=C1c2ccccc2C(c2ccccc2)[C@]12CC(c1ccccc1)=[N+]([O-])C2O. The lowest BCUT2D eigenvalue weighted by molar-refractivity contribution is -0.556. The largest absolute Gasteiger partial charge is 0.622 e. The molecule has 5 rings (SSSR count). The second-order valence-electron chi connectivity index (χ2n) is 7.49. The molecule has 1 heterocycles. The first-order valence-corrected chi connectivity index (χ1v) is 9.39. The Morgan fingerprint density at radius 2 is 1.50 bits per heavy atom. The molecule has 0 saturated carbocycles. The standard InChI is InChI=1S/C24H19NO3/c26-22-19-14-8-7-13-18(19)21(17-11-5-2-6-12-17)24(22)15-20(25(28)23(24)27)16-9-3-1-4-10-16/h1-14,21,23,27H,15H2/t21?,23?,24-/m1/s1. The van der Waals surface area contributed by atoms with Gasteiger partial charge in [-0.2, -0.15) is 4.74 Å². The van der Waals surface area contributed by atoms with E-state index < -0.39 is 11.6 Å². The molecule has 0 aromatic heterocycles. The van der Waals surface area contributed by atoms with Crippen LogP contribution in [-0.4, -0.2) is 27.6 Å². The van der Waals surface area contributed by atoms with Crippen LogP contribution in [-0.2, 0) is 0 Å². The van der Waals surface area contributed by atoms with Crippen LogP contribution in [0.3, 0.4) is 0 Å². The molecular formula is C24H19NO3. The summed E-state index contributed by atoms with van der Waals surface area (Å²) >= 11 is 0. The van der Waals surface area contributed by atoms with E-state index >= 15 is 0 Å². The van der Waals surface area contributed by atoms with Gasteiger partial charge in [-0.25, -0.2) is 0 Å². The molecule has 0 bridgehead atoms. The predicted octanol–water partition coefficient (Wildman–Crippen LogP) is 3.72. The Balaban J connectivity index is 1.71. The van der Waals surface area contributed by atoms with Gasteiger partial charge in [0.2, 0.25) is 0 Å². The van der Waals surface area contributed by atoms with Gasteiger partial charge in [0.05, 0.1) is 6.42 Å². The van der Waals surface area contributed by atoms with E-state index in [0.717, 1.165) is 16.7 Å². The second-order valence-corrected chi connectivity index (χ2v) is 7.49. The minimum atomic E-state index is -1.44. The van der Waals surface area contributed by atoms with Crippen LogP contribution in [0.1, 0.15) is 39.4 Å². The second kappa shape index (κ2) is 6.14.